The summed E-state index contributed by atoms with van der Waals surface area (Å²) in [5.41, 5.74) is -0.104. The average Bonchev–Trinajstić information content (AvgIpc) is 2.34. The zero-order valence-electron chi connectivity index (χ0n) is 11.1. The lowest BCUT2D eigenvalue weighted by molar-refractivity contribution is -0.156. The highest BCUT2D eigenvalue weighted by Crippen LogP contribution is 2.24. The van der Waals surface area contributed by atoms with Gasteiger partial charge in [0.15, 0.2) is 0 Å². The molecule has 0 radical (unpaired) electrons. The molecule has 1 aromatic rings. The van der Waals surface area contributed by atoms with Crippen LogP contribution in [0.25, 0.3) is 0 Å². The molecule has 4 heteroatoms. The van der Waals surface area contributed by atoms with Gasteiger partial charge in [0, 0.05) is 5.41 Å². The highest BCUT2D eigenvalue weighted by atomic mass is 16.6. The molecule has 0 aliphatic rings. The summed E-state index contributed by atoms with van der Waals surface area (Å²) in [5, 5.41) is 0. The second-order valence-corrected chi connectivity index (χ2v) is 5.04. The molecule has 1 rings (SSSR count). The predicted octanol–water partition coefficient (Wildman–Crippen LogP) is 2.43. The molecular weight excluding hydrogens is 232 g/mol. The van der Waals surface area contributed by atoms with Crippen molar-refractivity contribution in [1.29, 1.82) is 0 Å². The van der Waals surface area contributed by atoms with Crippen LogP contribution in [0.3, 0.4) is 0 Å². The van der Waals surface area contributed by atoms with E-state index in [1.807, 2.05) is 20.8 Å². The standard InChI is InChI=1S/C14H18O4/c1-14(2,3)11(13(16)17-4)18-12(15)10-8-6-5-7-9-10/h5-9,11H,1-4H3/t11-/m1/s1. The number of methoxy groups -OCH3 is 1. The topological polar surface area (TPSA) is 52.6 Å². The molecule has 0 saturated carbocycles. The number of benzene rings is 1. The van der Waals surface area contributed by atoms with E-state index in [9.17, 15) is 9.59 Å². The van der Waals surface area contributed by atoms with Crippen LogP contribution in [0.2, 0.25) is 0 Å². The predicted molar refractivity (Wildman–Crippen MR) is 67.1 cm³/mol. The van der Waals surface area contributed by atoms with Crippen molar-refractivity contribution >= 4 is 11.9 Å². The molecular formula is C14H18O4. The molecule has 98 valence electrons. The van der Waals surface area contributed by atoms with Crippen molar-refractivity contribution in [2.45, 2.75) is 26.9 Å². The second-order valence-electron chi connectivity index (χ2n) is 5.04. The van der Waals surface area contributed by atoms with E-state index in [1.54, 1.807) is 30.3 Å². The summed E-state index contributed by atoms with van der Waals surface area (Å²) in [6, 6.07) is 8.55. The van der Waals surface area contributed by atoms with Crippen molar-refractivity contribution in [3.8, 4) is 0 Å². The highest BCUT2D eigenvalue weighted by Gasteiger charge is 2.36. The maximum absolute atomic E-state index is 11.9. The summed E-state index contributed by atoms with van der Waals surface area (Å²) < 4.78 is 9.90. The zero-order chi connectivity index (χ0) is 13.8. The molecule has 1 atom stereocenters. The van der Waals surface area contributed by atoms with Gasteiger partial charge in [0.2, 0.25) is 6.10 Å². The molecule has 4 nitrogen and oxygen atoms in total. The molecule has 0 amide bonds. The minimum Gasteiger partial charge on any atom is -0.466 e. The lowest BCUT2D eigenvalue weighted by Gasteiger charge is -2.27. The largest absolute Gasteiger partial charge is 0.466 e. The van der Waals surface area contributed by atoms with Gasteiger partial charge in [0.25, 0.3) is 0 Å². The summed E-state index contributed by atoms with van der Waals surface area (Å²) in [4.78, 5) is 23.5. The number of hydrogen-bond donors (Lipinski definition) is 0. The number of hydrogen-bond acceptors (Lipinski definition) is 4. The first-order chi connectivity index (χ1) is 8.36. The summed E-state index contributed by atoms with van der Waals surface area (Å²) in [7, 11) is 1.28. The molecule has 0 aromatic heterocycles. The first-order valence-corrected chi connectivity index (χ1v) is 5.70. The van der Waals surface area contributed by atoms with Crippen LogP contribution in [0.15, 0.2) is 30.3 Å². The van der Waals surface area contributed by atoms with Crippen LogP contribution in [0.5, 0.6) is 0 Å². The third kappa shape index (κ3) is 3.58. The van der Waals surface area contributed by atoms with Gasteiger partial charge in [-0.2, -0.15) is 0 Å². The van der Waals surface area contributed by atoms with Gasteiger partial charge in [0.05, 0.1) is 12.7 Å². The maximum atomic E-state index is 11.9. The molecule has 0 unspecified atom stereocenters. The molecule has 0 spiro atoms. The molecule has 0 fully saturated rings. The van der Waals surface area contributed by atoms with Crippen LogP contribution in [-0.4, -0.2) is 25.2 Å². The quantitative estimate of drug-likeness (QED) is 0.773. The Morgan fingerprint density at radius 2 is 1.67 bits per heavy atom. The van der Waals surface area contributed by atoms with Crippen molar-refractivity contribution in [1.82, 2.24) is 0 Å². The van der Waals surface area contributed by atoms with Gasteiger partial charge in [-0.15, -0.1) is 0 Å². The molecule has 0 aliphatic carbocycles. The van der Waals surface area contributed by atoms with E-state index in [2.05, 4.69) is 4.74 Å². The molecule has 0 saturated heterocycles. The van der Waals surface area contributed by atoms with Crippen molar-refractivity contribution in [3.05, 3.63) is 35.9 Å². The minimum absolute atomic E-state index is 0.413. The number of ether oxygens (including phenoxy) is 2. The number of esters is 2. The molecule has 18 heavy (non-hydrogen) atoms. The van der Waals surface area contributed by atoms with E-state index in [1.165, 1.54) is 7.11 Å². The van der Waals surface area contributed by atoms with Crippen LogP contribution >= 0.6 is 0 Å². The van der Waals surface area contributed by atoms with E-state index in [-0.39, 0.29) is 0 Å². The molecule has 1 aromatic carbocycles. The van der Waals surface area contributed by atoms with Crippen LogP contribution in [0.1, 0.15) is 31.1 Å². The van der Waals surface area contributed by atoms with Crippen molar-refractivity contribution in [2.75, 3.05) is 7.11 Å². The summed E-state index contributed by atoms with van der Waals surface area (Å²) in [6.45, 7) is 5.44. The molecule has 0 heterocycles. The number of carbonyl (C=O) groups excluding carboxylic acids is 2. The van der Waals surface area contributed by atoms with Gasteiger partial charge < -0.3 is 9.47 Å². The third-order valence-corrected chi connectivity index (χ3v) is 2.44. The first-order valence-electron chi connectivity index (χ1n) is 5.70. The fraction of sp³-hybridized carbons (Fsp3) is 0.429. The Balaban J connectivity index is 2.86. The Bertz CT molecular complexity index is 417. The van der Waals surface area contributed by atoms with Crippen LogP contribution < -0.4 is 0 Å². The molecule has 0 bridgehead atoms. The van der Waals surface area contributed by atoms with Crippen LogP contribution in [-0.2, 0) is 14.3 Å². The monoisotopic (exact) mass is 250 g/mol. The summed E-state index contributed by atoms with van der Waals surface area (Å²) in [5.74, 6) is -1.08. The third-order valence-electron chi connectivity index (χ3n) is 2.44. The van der Waals surface area contributed by atoms with E-state index in [0.717, 1.165) is 0 Å². The molecule has 0 N–H and O–H groups in total. The zero-order valence-corrected chi connectivity index (χ0v) is 11.1. The smallest absolute Gasteiger partial charge is 0.347 e. The average molecular weight is 250 g/mol. The fourth-order valence-corrected chi connectivity index (χ4v) is 1.43. The van der Waals surface area contributed by atoms with Crippen molar-refractivity contribution in [2.24, 2.45) is 5.41 Å². The van der Waals surface area contributed by atoms with Gasteiger partial charge in [0.1, 0.15) is 0 Å². The maximum Gasteiger partial charge on any atom is 0.347 e. The Morgan fingerprint density at radius 1 is 1.11 bits per heavy atom. The van der Waals surface area contributed by atoms with Crippen LogP contribution in [0.4, 0.5) is 0 Å². The lowest BCUT2D eigenvalue weighted by atomic mass is 9.89. The lowest BCUT2D eigenvalue weighted by Crippen LogP contribution is -2.39. The Kier molecular flexibility index (Phi) is 4.48. The Labute approximate surface area is 107 Å². The van der Waals surface area contributed by atoms with E-state index >= 15 is 0 Å². The van der Waals surface area contributed by atoms with E-state index in [4.69, 9.17) is 4.74 Å². The molecule has 0 aliphatic heterocycles. The SMILES string of the molecule is COC(=O)[C@@H](OC(=O)c1ccccc1)C(C)(C)C. The number of carbonyl (C=O) groups is 2. The van der Waals surface area contributed by atoms with Gasteiger partial charge in [-0.25, -0.2) is 9.59 Å². The highest BCUT2D eigenvalue weighted by molar-refractivity contribution is 5.91. The van der Waals surface area contributed by atoms with E-state index < -0.39 is 23.5 Å². The van der Waals surface area contributed by atoms with Gasteiger partial charge in [-0.05, 0) is 12.1 Å². The van der Waals surface area contributed by atoms with Crippen LogP contribution in [0, 0.1) is 5.41 Å². The van der Waals surface area contributed by atoms with Crippen molar-refractivity contribution in [3.63, 3.8) is 0 Å². The first kappa shape index (κ1) is 14.2. The summed E-state index contributed by atoms with van der Waals surface area (Å²) in [6.07, 6.45) is -0.921. The number of rotatable bonds is 3. The van der Waals surface area contributed by atoms with Crippen molar-refractivity contribution < 1.29 is 19.1 Å². The Hall–Kier alpha value is -1.84. The van der Waals surface area contributed by atoms with Gasteiger partial charge in [-0.3, -0.25) is 0 Å². The second kappa shape index (κ2) is 5.67. The van der Waals surface area contributed by atoms with Gasteiger partial charge in [-0.1, -0.05) is 39.0 Å². The fourth-order valence-electron chi connectivity index (χ4n) is 1.43. The summed E-state index contributed by atoms with van der Waals surface area (Å²) >= 11 is 0. The Morgan fingerprint density at radius 3 is 2.11 bits per heavy atom. The minimum atomic E-state index is -0.921. The normalized spacial score (nSPS) is 12.7. The van der Waals surface area contributed by atoms with E-state index in [0.29, 0.717) is 5.56 Å². The van der Waals surface area contributed by atoms with Gasteiger partial charge >= 0.3 is 11.9 Å².